The molecule has 0 amide bonds. The second-order valence-corrected chi connectivity index (χ2v) is 5.82. The summed E-state index contributed by atoms with van der Waals surface area (Å²) < 4.78 is 11.1. The molecule has 0 aromatic rings. The molecule has 2 aliphatic heterocycles. The molecule has 4 nitrogen and oxygen atoms in total. The van der Waals surface area contributed by atoms with Crippen molar-refractivity contribution >= 4 is 11.8 Å². The molecule has 0 bridgehead atoms. The Morgan fingerprint density at radius 2 is 2.11 bits per heavy atom. The first-order chi connectivity index (χ1) is 8.49. The van der Waals surface area contributed by atoms with Crippen molar-refractivity contribution in [3.63, 3.8) is 0 Å². The van der Waals surface area contributed by atoms with Gasteiger partial charge in [-0.15, -0.1) is 0 Å². The van der Waals surface area contributed by atoms with Gasteiger partial charge in [-0.3, -0.25) is 9.59 Å². The van der Waals surface area contributed by atoms with Gasteiger partial charge in [0.15, 0.2) is 5.78 Å². The number of epoxide rings is 1. The second kappa shape index (κ2) is 3.92. The van der Waals surface area contributed by atoms with Crippen LogP contribution in [0, 0.1) is 5.92 Å². The Morgan fingerprint density at radius 3 is 2.89 bits per heavy atom. The number of Topliss-reactive ketones (excluding diaryl/α,β-unsaturated/α-hetero) is 1. The first-order valence-electron chi connectivity index (χ1n) is 6.57. The summed E-state index contributed by atoms with van der Waals surface area (Å²) in [6.45, 7) is 3.91. The monoisotopic (exact) mass is 250 g/mol. The molecule has 98 valence electrons. The van der Waals surface area contributed by atoms with E-state index in [0.29, 0.717) is 12.8 Å². The molecule has 0 unspecified atom stereocenters. The van der Waals surface area contributed by atoms with Gasteiger partial charge in [-0.25, -0.2) is 0 Å². The van der Waals surface area contributed by atoms with Gasteiger partial charge < -0.3 is 9.47 Å². The molecule has 0 saturated carbocycles. The maximum Gasteiger partial charge on any atom is 0.306 e. The molecular weight excluding hydrogens is 232 g/mol. The van der Waals surface area contributed by atoms with E-state index in [1.165, 1.54) is 0 Å². The minimum atomic E-state index is -0.225. The van der Waals surface area contributed by atoms with Crippen LogP contribution in [0.1, 0.15) is 39.5 Å². The first kappa shape index (κ1) is 11.9. The van der Waals surface area contributed by atoms with Crippen LogP contribution in [-0.4, -0.2) is 29.6 Å². The van der Waals surface area contributed by atoms with Crippen molar-refractivity contribution in [3.05, 3.63) is 11.6 Å². The molecule has 0 aromatic heterocycles. The van der Waals surface area contributed by atoms with Crippen LogP contribution in [0.3, 0.4) is 0 Å². The molecule has 2 fully saturated rings. The molecule has 3 rings (SSSR count). The van der Waals surface area contributed by atoms with E-state index < -0.39 is 0 Å². The van der Waals surface area contributed by atoms with E-state index in [1.54, 1.807) is 0 Å². The van der Waals surface area contributed by atoms with E-state index >= 15 is 0 Å². The lowest BCUT2D eigenvalue weighted by Crippen LogP contribution is -2.30. The van der Waals surface area contributed by atoms with Crippen molar-refractivity contribution in [1.82, 2.24) is 0 Å². The first-order valence-corrected chi connectivity index (χ1v) is 6.57. The zero-order valence-corrected chi connectivity index (χ0v) is 10.8. The molecule has 18 heavy (non-hydrogen) atoms. The summed E-state index contributed by atoms with van der Waals surface area (Å²) in [7, 11) is 0. The van der Waals surface area contributed by atoms with Crippen molar-refractivity contribution in [1.29, 1.82) is 0 Å². The molecule has 2 heterocycles. The average molecular weight is 250 g/mol. The van der Waals surface area contributed by atoms with Crippen LogP contribution in [0.15, 0.2) is 11.6 Å². The molecule has 0 N–H and O–H groups in total. The Labute approximate surface area is 106 Å². The maximum atomic E-state index is 12.0. The number of hydrogen-bond donors (Lipinski definition) is 0. The van der Waals surface area contributed by atoms with E-state index in [4.69, 9.17) is 9.47 Å². The quantitative estimate of drug-likeness (QED) is 0.485. The van der Waals surface area contributed by atoms with Crippen LogP contribution >= 0.6 is 0 Å². The van der Waals surface area contributed by atoms with Crippen LogP contribution in [0.5, 0.6) is 0 Å². The number of ketones is 1. The van der Waals surface area contributed by atoms with Gasteiger partial charge in [-0.1, -0.05) is 6.08 Å². The largest absolute Gasteiger partial charge is 0.459 e. The topological polar surface area (TPSA) is 55.9 Å². The third-order valence-corrected chi connectivity index (χ3v) is 4.38. The lowest BCUT2D eigenvalue weighted by molar-refractivity contribution is -0.142. The molecule has 4 heteroatoms. The minimum absolute atomic E-state index is 0.0155. The van der Waals surface area contributed by atoms with Gasteiger partial charge in [0.25, 0.3) is 0 Å². The Morgan fingerprint density at radius 1 is 1.33 bits per heavy atom. The Kier molecular flexibility index (Phi) is 2.59. The number of carbonyl (C=O) groups is 2. The highest BCUT2D eigenvalue weighted by Gasteiger charge is 2.60. The van der Waals surface area contributed by atoms with Crippen LogP contribution in [0.25, 0.3) is 0 Å². The number of carbonyl (C=O) groups excluding carboxylic acids is 2. The van der Waals surface area contributed by atoms with Crippen molar-refractivity contribution in [3.8, 4) is 0 Å². The standard InChI is InChI=1S/C14H18O4/c1-8-4-3-5-14(2)13(18-14)12-9(6-10(8)15)7-11(16)17-12/h4,9,12-13H,3,5-7H2,1-2H3/b8-4-/t9-,12-,13-,14+/m0/s1. The number of fused-ring (bicyclic) bond motifs is 3. The van der Waals surface area contributed by atoms with Gasteiger partial charge in [0.2, 0.25) is 0 Å². The molecule has 1 aliphatic carbocycles. The Bertz CT molecular complexity index is 439. The van der Waals surface area contributed by atoms with Crippen molar-refractivity contribution in [2.75, 3.05) is 0 Å². The smallest absolute Gasteiger partial charge is 0.306 e. The van der Waals surface area contributed by atoms with Gasteiger partial charge in [0.1, 0.15) is 12.2 Å². The number of hydrogen-bond acceptors (Lipinski definition) is 4. The summed E-state index contributed by atoms with van der Waals surface area (Å²) in [5.41, 5.74) is 0.626. The highest BCUT2D eigenvalue weighted by atomic mass is 16.6. The van der Waals surface area contributed by atoms with E-state index in [9.17, 15) is 9.59 Å². The summed E-state index contributed by atoms with van der Waals surface area (Å²) in [6, 6.07) is 0. The molecule has 4 atom stereocenters. The van der Waals surface area contributed by atoms with Crippen LogP contribution in [0.4, 0.5) is 0 Å². The fourth-order valence-corrected chi connectivity index (χ4v) is 3.08. The maximum absolute atomic E-state index is 12.0. The third-order valence-electron chi connectivity index (χ3n) is 4.38. The molecule has 0 radical (unpaired) electrons. The van der Waals surface area contributed by atoms with Crippen LogP contribution in [-0.2, 0) is 19.1 Å². The zero-order valence-electron chi connectivity index (χ0n) is 10.8. The summed E-state index contributed by atoms with van der Waals surface area (Å²) >= 11 is 0. The molecule has 0 spiro atoms. The average Bonchev–Trinajstić information content (AvgIpc) is 2.82. The van der Waals surface area contributed by atoms with E-state index in [2.05, 4.69) is 6.92 Å². The van der Waals surface area contributed by atoms with Gasteiger partial charge in [-0.05, 0) is 32.3 Å². The summed E-state index contributed by atoms with van der Waals surface area (Å²) in [5.74, 6) is -0.0812. The number of allylic oxidation sites excluding steroid dienone is 2. The Balaban J connectivity index is 1.87. The predicted octanol–water partition coefficient (Wildman–Crippen LogP) is 1.77. The van der Waals surface area contributed by atoms with Gasteiger partial charge in [0.05, 0.1) is 12.0 Å². The third kappa shape index (κ3) is 1.88. The van der Waals surface area contributed by atoms with E-state index in [1.807, 2.05) is 13.0 Å². The van der Waals surface area contributed by atoms with Gasteiger partial charge in [0, 0.05) is 12.3 Å². The molecular formula is C14H18O4. The van der Waals surface area contributed by atoms with Gasteiger partial charge in [-0.2, -0.15) is 0 Å². The fourth-order valence-electron chi connectivity index (χ4n) is 3.08. The highest BCUT2D eigenvalue weighted by molar-refractivity contribution is 5.95. The lowest BCUT2D eigenvalue weighted by Gasteiger charge is -2.18. The number of rotatable bonds is 0. The Hall–Kier alpha value is -1.16. The molecule has 0 aromatic carbocycles. The van der Waals surface area contributed by atoms with Crippen molar-refractivity contribution < 1.29 is 19.1 Å². The predicted molar refractivity (Wildman–Crippen MR) is 63.9 cm³/mol. The highest BCUT2D eigenvalue weighted by Crippen LogP contribution is 2.48. The normalized spacial score (nSPS) is 46.6. The molecule has 2 saturated heterocycles. The SMILES string of the molecule is C/C1=C/CC[C@@]2(C)O[C@H]2[C@H]2OC(=O)C[C@@H]2CC1=O. The zero-order chi connectivity index (χ0) is 12.9. The molecule has 3 aliphatic rings. The number of esters is 1. The number of ether oxygens (including phenoxy) is 2. The summed E-state index contributed by atoms with van der Waals surface area (Å²) in [5, 5.41) is 0. The van der Waals surface area contributed by atoms with Crippen LogP contribution < -0.4 is 0 Å². The van der Waals surface area contributed by atoms with Crippen LogP contribution in [0.2, 0.25) is 0 Å². The van der Waals surface area contributed by atoms with Crippen molar-refractivity contribution in [2.45, 2.75) is 57.3 Å². The van der Waals surface area contributed by atoms with E-state index in [-0.39, 0.29) is 35.5 Å². The van der Waals surface area contributed by atoms with Gasteiger partial charge >= 0.3 is 5.97 Å². The lowest BCUT2D eigenvalue weighted by atomic mass is 9.85. The second-order valence-electron chi connectivity index (χ2n) is 5.82. The summed E-state index contributed by atoms with van der Waals surface area (Å²) in [6.07, 6.45) is 4.21. The fraction of sp³-hybridized carbons (Fsp3) is 0.714. The summed E-state index contributed by atoms with van der Waals surface area (Å²) in [4.78, 5) is 23.5. The van der Waals surface area contributed by atoms with E-state index in [0.717, 1.165) is 18.4 Å². The van der Waals surface area contributed by atoms with Crippen molar-refractivity contribution in [2.24, 2.45) is 5.92 Å². The minimum Gasteiger partial charge on any atom is -0.459 e.